The second-order valence-electron chi connectivity index (χ2n) is 5.07. The molecule has 0 fully saturated rings. The predicted octanol–water partition coefficient (Wildman–Crippen LogP) is 2.40. The van der Waals surface area contributed by atoms with Crippen molar-refractivity contribution in [1.82, 2.24) is 0 Å². The smallest absolute Gasteiger partial charge is 0.338 e. The SMILES string of the molecule is Cc1cccc(NC(=O)CCC(C)CCN)c1C(=O)O. The van der Waals surface area contributed by atoms with Crippen LogP contribution in [0.15, 0.2) is 18.2 Å². The maximum atomic E-state index is 11.9. The maximum absolute atomic E-state index is 11.9. The van der Waals surface area contributed by atoms with Crippen LogP contribution in [0.5, 0.6) is 0 Å². The van der Waals surface area contributed by atoms with Gasteiger partial charge in [0.2, 0.25) is 5.91 Å². The van der Waals surface area contributed by atoms with E-state index in [2.05, 4.69) is 12.2 Å². The Morgan fingerprint density at radius 3 is 2.65 bits per heavy atom. The molecule has 0 aliphatic rings. The first-order valence-corrected chi connectivity index (χ1v) is 6.78. The number of benzene rings is 1. The third-order valence-corrected chi connectivity index (χ3v) is 3.28. The van der Waals surface area contributed by atoms with Gasteiger partial charge in [-0.2, -0.15) is 0 Å². The van der Waals surface area contributed by atoms with Crippen molar-refractivity contribution in [2.75, 3.05) is 11.9 Å². The van der Waals surface area contributed by atoms with Gasteiger partial charge < -0.3 is 16.2 Å². The first-order chi connectivity index (χ1) is 9.45. The predicted molar refractivity (Wildman–Crippen MR) is 78.8 cm³/mol. The van der Waals surface area contributed by atoms with Crippen LogP contribution < -0.4 is 11.1 Å². The van der Waals surface area contributed by atoms with E-state index in [9.17, 15) is 14.7 Å². The Morgan fingerprint density at radius 2 is 2.05 bits per heavy atom. The van der Waals surface area contributed by atoms with E-state index in [4.69, 9.17) is 5.73 Å². The van der Waals surface area contributed by atoms with Crippen molar-refractivity contribution in [3.63, 3.8) is 0 Å². The molecule has 0 spiro atoms. The van der Waals surface area contributed by atoms with E-state index in [0.29, 0.717) is 30.1 Å². The number of amides is 1. The van der Waals surface area contributed by atoms with Crippen LogP contribution in [-0.4, -0.2) is 23.5 Å². The highest BCUT2D eigenvalue weighted by Gasteiger charge is 2.15. The molecular weight excluding hydrogens is 256 g/mol. The fraction of sp³-hybridized carbons (Fsp3) is 0.467. The minimum atomic E-state index is -1.03. The molecule has 0 aliphatic carbocycles. The second kappa shape index (κ2) is 7.65. The van der Waals surface area contributed by atoms with Gasteiger partial charge in [0.15, 0.2) is 0 Å². The highest BCUT2D eigenvalue weighted by atomic mass is 16.4. The van der Waals surface area contributed by atoms with Crippen LogP contribution in [0.2, 0.25) is 0 Å². The van der Waals surface area contributed by atoms with Crippen LogP contribution in [-0.2, 0) is 4.79 Å². The monoisotopic (exact) mass is 278 g/mol. The number of aryl methyl sites for hydroxylation is 1. The molecule has 1 amide bonds. The van der Waals surface area contributed by atoms with Crippen LogP contribution in [0.4, 0.5) is 5.69 Å². The van der Waals surface area contributed by atoms with E-state index in [0.717, 1.165) is 12.8 Å². The van der Waals surface area contributed by atoms with Gasteiger partial charge >= 0.3 is 5.97 Å². The third-order valence-electron chi connectivity index (χ3n) is 3.28. The molecule has 4 N–H and O–H groups in total. The average molecular weight is 278 g/mol. The number of rotatable bonds is 7. The number of carboxylic acid groups (broad SMARTS) is 1. The van der Waals surface area contributed by atoms with Gasteiger partial charge in [-0.05, 0) is 43.9 Å². The van der Waals surface area contributed by atoms with Gasteiger partial charge in [-0.15, -0.1) is 0 Å². The lowest BCUT2D eigenvalue weighted by molar-refractivity contribution is -0.116. The van der Waals surface area contributed by atoms with Crippen molar-refractivity contribution in [2.24, 2.45) is 11.7 Å². The molecule has 5 heteroatoms. The van der Waals surface area contributed by atoms with Crippen LogP contribution in [0.1, 0.15) is 42.1 Å². The molecule has 0 saturated heterocycles. The highest BCUT2D eigenvalue weighted by molar-refractivity contribution is 6.01. The molecule has 1 unspecified atom stereocenters. The summed E-state index contributed by atoms with van der Waals surface area (Å²) >= 11 is 0. The molecule has 0 heterocycles. The van der Waals surface area contributed by atoms with Crippen molar-refractivity contribution >= 4 is 17.6 Å². The first kappa shape index (κ1) is 16.2. The number of nitrogens with one attached hydrogen (secondary N) is 1. The van der Waals surface area contributed by atoms with Gasteiger partial charge in [0.1, 0.15) is 0 Å². The topological polar surface area (TPSA) is 92.4 Å². The molecular formula is C15H22N2O3. The Balaban J connectivity index is 2.67. The normalized spacial score (nSPS) is 11.9. The van der Waals surface area contributed by atoms with E-state index < -0.39 is 5.97 Å². The molecule has 1 rings (SSSR count). The molecule has 20 heavy (non-hydrogen) atoms. The molecule has 0 aliphatic heterocycles. The second-order valence-corrected chi connectivity index (χ2v) is 5.07. The molecule has 110 valence electrons. The summed E-state index contributed by atoms with van der Waals surface area (Å²) in [5.74, 6) is -0.806. The van der Waals surface area contributed by atoms with Gasteiger partial charge in [-0.25, -0.2) is 4.79 Å². The summed E-state index contributed by atoms with van der Waals surface area (Å²) in [4.78, 5) is 23.1. The molecule has 1 aromatic rings. The van der Waals surface area contributed by atoms with E-state index in [-0.39, 0.29) is 11.5 Å². The fourth-order valence-electron chi connectivity index (χ4n) is 2.07. The van der Waals surface area contributed by atoms with Crippen LogP contribution in [0.25, 0.3) is 0 Å². The zero-order valence-corrected chi connectivity index (χ0v) is 12.0. The van der Waals surface area contributed by atoms with Crippen LogP contribution >= 0.6 is 0 Å². The lowest BCUT2D eigenvalue weighted by Crippen LogP contribution is -2.16. The summed E-state index contributed by atoms with van der Waals surface area (Å²) in [5.41, 5.74) is 6.60. The summed E-state index contributed by atoms with van der Waals surface area (Å²) in [6.45, 7) is 4.38. The third kappa shape index (κ3) is 4.66. The van der Waals surface area contributed by atoms with Gasteiger partial charge in [0.05, 0.1) is 11.3 Å². The van der Waals surface area contributed by atoms with E-state index >= 15 is 0 Å². The van der Waals surface area contributed by atoms with Gasteiger partial charge in [-0.1, -0.05) is 19.1 Å². The zero-order chi connectivity index (χ0) is 15.1. The van der Waals surface area contributed by atoms with Crippen molar-refractivity contribution in [1.29, 1.82) is 0 Å². The van der Waals surface area contributed by atoms with Crippen LogP contribution in [0, 0.1) is 12.8 Å². The Bertz CT molecular complexity index is 486. The summed E-state index contributed by atoms with van der Waals surface area (Å²) in [6.07, 6.45) is 2.00. The summed E-state index contributed by atoms with van der Waals surface area (Å²) in [6, 6.07) is 5.05. The van der Waals surface area contributed by atoms with E-state index in [1.807, 2.05) is 0 Å². The van der Waals surface area contributed by atoms with E-state index in [1.165, 1.54) is 0 Å². The number of anilines is 1. The number of hydrogen-bond acceptors (Lipinski definition) is 3. The Kier molecular flexibility index (Phi) is 6.18. The molecule has 0 aromatic heterocycles. The summed E-state index contributed by atoms with van der Waals surface area (Å²) in [5, 5.41) is 11.9. The summed E-state index contributed by atoms with van der Waals surface area (Å²) in [7, 11) is 0. The average Bonchev–Trinajstić information content (AvgIpc) is 2.36. The van der Waals surface area contributed by atoms with Crippen molar-refractivity contribution < 1.29 is 14.7 Å². The maximum Gasteiger partial charge on any atom is 0.338 e. The Hall–Kier alpha value is -1.88. The quantitative estimate of drug-likeness (QED) is 0.714. The standard InChI is InChI=1S/C15H22N2O3/c1-10(8-9-16)6-7-13(18)17-12-5-3-4-11(2)14(12)15(19)20/h3-5,10H,6-9,16H2,1-2H3,(H,17,18)(H,19,20). The molecule has 5 nitrogen and oxygen atoms in total. The molecule has 1 aromatic carbocycles. The first-order valence-electron chi connectivity index (χ1n) is 6.78. The lowest BCUT2D eigenvalue weighted by atomic mass is 10.0. The van der Waals surface area contributed by atoms with Gasteiger partial charge in [0.25, 0.3) is 0 Å². The fourth-order valence-corrected chi connectivity index (χ4v) is 2.07. The van der Waals surface area contributed by atoms with Crippen molar-refractivity contribution in [2.45, 2.75) is 33.1 Å². The Morgan fingerprint density at radius 1 is 1.35 bits per heavy atom. The molecule has 0 bridgehead atoms. The van der Waals surface area contributed by atoms with Crippen LogP contribution in [0.3, 0.4) is 0 Å². The number of carbonyl (C=O) groups excluding carboxylic acids is 1. The Labute approximate surface area is 119 Å². The number of carboxylic acids is 1. The van der Waals surface area contributed by atoms with Crippen molar-refractivity contribution in [3.05, 3.63) is 29.3 Å². The molecule has 0 saturated carbocycles. The van der Waals surface area contributed by atoms with E-state index in [1.54, 1.807) is 25.1 Å². The molecule has 1 atom stereocenters. The number of aromatic carboxylic acids is 1. The number of hydrogen-bond donors (Lipinski definition) is 3. The minimum Gasteiger partial charge on any atom is -0.478 e. The zero-order valence-electron chi connectivity index (χ0n) is 12.0. The highest BCUT2D eigenvalue weighted by Crippen LogP contribution is 2.20. The largest absolute Gasteiger partial charge is 0.478 e. The lowest BCUT2D eigenvalue weighted by Gasteiger charge is -2.12. The van der Waals surface area contributed by atoms with Crippen molar-refractivity contribution in [3.8, 4) is 0 Å². The summed E-state index contributed by atoms with van der Waals surface area (Å²) < 4.78 is 0. The minimum absolute atomic E-state index is 0.149. The number of nitrogens with two attached hydrogens (primary N) is 1. The van der Waals surface area contributed by atoms with Gasteiger partial charge in [0, 0.05) is 6.42 Å². The van der Waals surface area contributed by atoms with Gasteiger partial charge in [-0.3, -0.25) is 4.79 Å². The number of carbonyl (C=O) groups is 2. The molecule has 0 radical (unpaired) electrons.